The largest absolute Gasteiger partial charge is 0.481 e. The van der Waals surface area contributed by atoms with Crippen molar-refractivity contribution in [2.24, 2.45) is 5.73 Å². The van der Waals surface area contributed by atoms with E-state index < -0.39 is 5.97 Å². The molecule has 0 saturated carbocycles. The molecule has 0 spiro atoms. The molecule has 0 aromatic carbocycles. The maximum Gasteiger partial charge on any atom is 0.303 e. The number of carboxylic acids is 1. The highest BCUT2D eigenvalue weighted by Crippen LogP contribution is 2.12. The molecule has 114 valence electrons. The van der Waals surface area contributed by atoms with Gasteiger partial charge in [-0.1, -0.05) is 64.7 Å². The van der Waals surface area contributed by atoms with Crippen LogP contribution in [0.2, 0.25) is 0 Å². The topological polar surface area (TPSA) is 63.3 Å². The van der Waals surface area contributed by atoms with Crippen LogP contribution in [0.3, 0.4) is 0 Å². The summed E-state index contributed by atoms with van der Waals surface area (Å²) in [5.74, 6) is -0.669. The van der Waals surface area contributed by atoms with Crippen molar-refractivity contribution < 1.29 is 9.90 Å². The Hall–Kier alpha value is -0.570. The molecule has 1 atom stereocenters. The molecule has 0 radical (unpaired) electrons. The highest BCUT2D eigenvalue weighted by atomic mass is 16.4. The Kier molecular flexibility index (Phi) is 13.4. The Balaban J connectivity index is 3.11. The first kappa shape index (κ1) is 18.4. The number of rotatable bonds is 14. The van der Waals surface area contributed by atoms with Gasteiger partial charge in [0.15, 0.2) is 0 Å². The van der Waals surface area contributed by atoms with Crippen LogP contribution >= 0.6 is 0 Å². The molecule has 0 aromatic rings. The van der Waals surface area contributed by atoms with E-state index in [1.54, 1.807) is 0 Å². The van der Waals surface area contributed by atoms with Crippen LogP contribution in [-0.2, 0) is 4.79 Å². The fraction of sp³-hybridized carbons (Fsp3) is 0.938. The Morgan fingerprint density at radius 2 is 1.37 bits per heavy atom. The van der Waals surface area contributed by atoms with Gasteiger partial charge in [-0.2, -0.15) is 0 Å². The summed E-state index contributed by atoms with van der Waals surface area (Å²) in [5, 5.41) is 8.50. The first-order valence-electron chi connectivity index (χ1n) is 8.14. The average Bonchev–Trinajstić information content (AvgIpc) is 2.36. The number of hydrogen-bond acceptors (Lipinski definition) is 2. The van der Waals surface area contributed by atoms with Crippen molar-refractivity contribution in [1.29, 1.82) is 0 Å². The zero-order valence-electron chi connectivity index (χ0n) is 12.7. The van der Waals surface area contributed by atoms with Gasteiger partial charge in [-0.3, -0.25) is 4.79 Å². The summed E-state index contributed by atoms with van der Waals surface area (Å²) >= 11 is 0. The van der Waals surface area contributed by atoms with Crippen LogP contribution in [0.25, 0.3) is 0 Å². The number of nitrogens with two attached hydrogens (primary N) is 1. The molecule has 0 saturated heterocycles. The van der Waals surface area contributed by atoms with Crippen LogP contribution in [0.5, 0.6) is 0 Å². The van der Waals surface area contributed by atoms with Gasteiger partial charge in [0.05, 0.1) is 0 Å². The smallest absolute Gasteiger partial charge is 0.303 e. The zero-order valence-corrected chi connectivity index (χ0v) is 12.7. The van der Waals surface area contributed by atoms with E-state index in [2.05, 4.69) is 6.92 Å². The standard InChI is InChI=1S/C16H33NO2/c1-2-3-9-12-15(17)13-10-7-5-4-6-8-11-14-16(18)19/h15H,2-14,17H2,1H3,(H,18,19). The van der Waals surface area contributed by atoms with E-state index in [1.165, 1.54) is 64.2 Å². The third-order valence-corrected chi connectivity index (χ3v) is 3.64. The van der Waals surface area contributed by atoms with Gasteiger partial charge in [0, 0.05) is 12.5 Å². The summed E-state index contributed by atoms with van der Waals surface area (Å²) in [4.78, 5) is 10.3. The summed E-state index contributed by atoms with van der Waals surface area (Å²) in [6.07, 6.45) is 14.6. The van der Waals surface area contributed by atoms with Gasteiger partial charge in [0.1, 0.15) is 0 Å². The third-order valence-electron chi connectivity index (χ3n) is 3.64. The molecule has 19 heavy (non-hydrogen) atoms. The molecule has 3 N–H and O–H groups in total. The van der Waals surface area contributed by atoms with E-state index in [-0.39, 0.29) is 0 Å². The van der Waals surface area contributed by atoms with E-state index in [4.69, 9.17) is 10.8 Å². The Morgan fingerprint density at radius 3 is 1.89 bits per heavy atom. The van der Waals surface area contributed by atoms with Gasteiger partial charge < -0.3 is 10.8 Å². The molecule has 0 aliphatic heterocycles. The molecular formula is C16H33NO2. The summed E-state index contributed by atoms with van der Waals surface area (Å²) in [7, 11) is 0. The second-order valence-electron chi connectivity index (χ2n) is 5.66. The lowest BCUT2D eigenvalue weighted by Crippen LogP contribution is -2.19. The maximum atomic E-state index is 10.3. The second-order valence-corrected chi connectivity index (χ2v) is 5.66. The lowest BCUT2D eigenvalue weighted by molar-refractivity contribution is -0.137. The van der Waals surface area contributed by atoms with Gasteiger partial charge in [-0.05, 0) is 19.3 Å². The van der Waals surface area contributed by atoms with Gasteiger partial charge in [0.2, 0.25) is 0 Å². The molecule has 3 nitrogen and oxygen atoms in total. The highest BCUT2D eigenvalue weighted by Gasteiger charge is 2.02. The van der Waals surface area contributed by atoms with Gasteiger partial charge >= 0.3 is 5.97 Å². The zero-order chi connectivity index (χ0) is 14.3. The van der Waals surface area contributed by atoms with Crippen molar-refractivity contribution in [2.75, 3.05) is 0 Å². The minimum Gasteiger partial charge on any atom is -0.481 e. The first-order chi connectivity index (χ1) is 9.16. The van der Waals surface area contributed by atoms with E-state index >= 15 is 0 Å². The van der Waals surface area contributed by atoms with Crippen LogP contribution in [-0.4, -0.2) is 17.1 Å². The fourth-order valence-corrected chi connectivity index (χ4v) is 2.37. The quantitative estimate of drug-likeness (QED) is 0.457. The monoisotopic (exact) mass is 271 g/mol. The van der Waals surface area contributed by atoms with E-state index in [1.807, 2.05) is 0 Å². The van der Waals surface area contributed by atoms with E-state index in [9.17, 15) is 4.79 Å². The summed E-state index contributed by atoms with van der Waals surface area (Å²) in [6, 6.07) is 0.405. The van der Waals surface area contributed by atoms with Crippen LogP contribution in [0, 0.1) is 0 Å². The number of unbranched alkanes of at least 4 members (excludes halogenated alkanes) is 8. The van der Waals surface area contributed by atoms with Crippen molar-refractivity contribution in [3.63, 3.8) is 0 Å². The average molecular weight is 271 g/mol. The number of hydrogen-bond donors (Lipinski definition) is 2. The summed E-state index contributed by atoms with van der Waals surface area (Å²) < 4.78 is 0. The third kappa shape index (κ3) is 15.4. The van der Waals surface area contributed by atoms with Crippen molar-refractivity contribution in [1.82, 2.24) is 0 Å². The lowest BCUT2D eigenvalue weighted by Gasteiger charge is -2.10. The molecule has 0 amide bonds. The Bertz CT molecular complexity index is 207. The van der Waals surface area contributed by atoms with Crippen LogP contribution in [0.1, 0.15) is 90.4 Å². The molecule has 0 bridgehead atoms. The Labute approximate surface area is 119 Å². The lowest BCUT2D eigenvalue weighted by atomic mass is 10.0. The molecular weight excluding hydrogens is 238 g/mol. The van der Waals surface area contributed by atoms with Crippen molar-refractivity contribution >= 4 is 5.97 Å². The van der Waals surface area contributed by atoms with Crippen molar-refractivity contribution in [2.45, 2.75) is 96.4 Å². The van der Waals surface area contributed by atoms with Crippen molar-refractivity contribution in [3.05, 3.63) is 0 Å². The van der Waals surface area contributed by atoms with Gasteiger partial charge in [0.25, 0.3) is 0 Å². The second kappa shape index (κ2) is 13.9. The molecule has 0 fully saturated rings. The highest BCUT2D eigenvalue weighted by molar-refractivity contribution is 5.66. The molecule has 0 aromatic heterocycles. The summed E-state index contributed by atoms with van der Waals surface area (Å²) in [5.41, 5.74) is 6.07. The minimum atomic E-state index is -0.669. The predicted molar refractivity (Wildman–Crippen MR) is 81.3 cm³/mol. The van der Waals surface area contributed by atoms with Crippen LogP contribution < -0.4 is 5.73 Å². The number of carboxylic acid groups (broad SMARTS) is 1. The van der Waals surface area contributed by atoms with Crippen LogP contribution in [0.15, 0.2) is 0 Å². The van der Waals surface area contributed by atoms with Gasteiger partial charge in [-0.25, -0.2) is 0 Å². The molecule has 1 unspecified atom stereocenters. The predicted octanol–water partition coefficient (Wildman–Crippen LogP) is 4.49. The van der Waals surface area contributed by atoms with E-state index in [0.717, 1.165) is 12.8 Å². The molecule has 0 aliphatic rings. The fourth-order valence-electron chi connectivity index (χ4n) is 2.37. The molecule has 0 aliphatic carbocycles. The normalized spacial score (nSPS) is 12.5. The number of aliphatic carboxylic acids is 1. The Morgan fingerprint density at radius 1 is 0.895 bits per heavy atom. The van der Waals surface area contributed by atoms with E-state index in [0.29, 0.717) is 12.5 Å². The molecule has 0 heterocycles. The van der Waals surface area contributed by atoms with Crippen molar-refractivity contribution in [3.8, 4) is 0 Å². The number of carbonyl (C=O) groups is 1. The SMILES string of the molecule is CCCCCC(N)CCCCCCCCCC(=O)O. The first-order valence-corrected chi connectivity index (χ1v) is 8.14. The molecule has 3 heteroatoms. The van der Waals surface area contributed by atoms with Crippen LogP contribution in [0.4, 0.5) is 0 Å². The summed E-state index contributed by atoms with van der Waals surface area (Å²) in [6.45, 7) is 2.22. The minimum absolute atomic E-state index is 0.326. The maximum absolute atomic E-state index is 10.3. The molecule has 0 rings (SSSR count). The van der Waals surface area contributed by atoms with Gasteiger partial charge in [-0.15, -0.1) is 0 Å².